The number of hydrogen-bond acceptors (Lipinski definition) is 3. The third-order valence-corrected chi connectivity index (χ3v) is 4.37. The lowest BCUT2D eigenvalue weighted by Gasteiger charge is -2.07. The Morgan fingerprint density at radius 1 is 1.56 bits per heavy atom. The highest BCUT2D eigenvalue weighted by Gasteiger charge is 2.16. The molecule has 1 unspecified atom stereocenters. The summed E-state index contributed by atoms with van der Waals surface area (Å²) < 4.78 is 1.90. The monoisotopic (exact) mass is 290 g/mol. The van der Waals surface area contributed by atoms with Crippen molar-refractivity contribution in [1.29, 1.82) is 0 Å². The molecular formula is C12H19ClN2O2S. The molecule has 1 aromatic heterocycles. The number of aromatic nitrogens is 2. The Morgan fingerprint density at radius 3 is 2.72 bits per heavy atom. The average molecular weight is 291 g/mol. The predicted molar refractivity (Wildman–Crippen MR) is 75.3 cm³/mol. The first-order valence-corrected chi connectivity index (χ1v) is 7.59. The van der Waals surface area contributed by atoms with Crippen molar-refractivity contribution in [3.63, 3.8) is 0 Å². The van der Waals surface area contributed by atoms with Gasteiger partial charge in [0.2, 0.25) is 0 Å². The molecule has 0 spiro atoms. The number of carboxylic acid groups (broad SMARTS) is 1. The van der Waals surface area contributed by atoms with Gasteiger partial charge in [-0.25, -0.2) is 0 Å². The van der Waals surface area contributed by atoms with E-state index in [0.29, 0.717) is 11.5 Å². The standard InChI is InChI=1S/C12H19ClN2O2S/c1-4-9-11(13)10(15(5-2)14-9)7-18-6-8(3)12(16)17/h8H,4-7H2,1-3H3,(H,16,17). The fourth-order valence-electron chi connectivity index (χ4n) is 1.56. The van der Waals surface area contributed by atoms with Gasteiger partial charge < -0.3 is 5.11 Å². The quantitative estimate of drug-likeness (QED) is 0.838. The molecule has 0 amide bonds. The number of nitrogens with zero attached hydrogens (tertiary/aromatic N) is 2. The van der Waals surface area contributed by atoms with Gasteiger partial charge in [-0.05, 0) is 13.3 Å². The van der Waals surface area contributed by atoms with Crippen molar-refractivity contribution in [3.05, 3.63) is 16.4 Å². The van der Waals surface area contributed by atoms with Crippen LogP contribution in [-0.2, 0) is 23.5 Å². The van der Waals surface area contributed by atoms with Crippen molar-refractivity contribution in [2.45, 2.75) is 39.5 Å². The van der Waals surface area contributed by atoms with Crippen LogP contribution >= 0.6 is 23.4 Å². The summed E-state index contributed by atoms with van der Waals surface area (Å²) in [5.74, 6) is 0.198. The van der Waals surface area contributed by atoms with E-state index in [2.05, 4.69) is 5.10 Å². The van der Waals surface area contributed by atoms with Gasteiger partial charge in [0.25, 0.3) is 0 Å². The Kier molecular flexibility index (Phi) is 6.02. The van der Waals surface area contributed by atoms with Crippen molar-refractivity contribution in [2.24, 2.45) is 5.92 Å². The van der Waals surface area contributed by atoms with Crippen LogP contribution in [0.3, 0.4) is 0 Å². The van der Waals surface area contributed by atoms with Crippen LogP contribution in [0, 0.1) is 5.92 Å². The Labute approximate surface area is 117 Å². The zero-order valence-electron chi connectivity index (χ0n) is 10.9. The maximum Gasteiger partial charge on any atom is 0.307 e. The van der Waals surface area contributed by atoms with Crippen molar-refractivity contribution in [2.75, 3.05) is 5.75 Å². The third-order valence-electron chi connectivity index (χ3n) is 2.72. The van der Waals surface area contributed by atoms with Crippen LogP contribution in [0.4, 0.5) is 0 Å². The molecule has 4 nitrogen and oxygen atoms in total. The predicted octanol–water partition coefficient (Wildman–Crippen LogP) is 3.07. The topological polar surface area (TPSA) is 55.1 Å². The molecule has 0 bridgehead atoms. The molecule has 1 heterocycles. The zero-order chi connectivity index (χ0) is 13.7. The van der Waals surface area contributed by atoms with E-state index in [1.54, 1.807) is 18.7 Å². The van der Waals surface area contributed by atoms with E-state index in [9.17, 15) is 4.79 Å². The lowest BCUT2D eigenvalue weighted by Crippen LogP contribution is -2.12. The van der Waals surface area contributed by atoms with E-state index >= 15 is 0 Å². The van der Waals surface area contributed by atoms with Crippen LogP contribution in [0.1, 0.15) is 32.2 Å². The van der Waals surface area contributed by atoms with Crippen LogP contribution in [0.15, 0.2) is 0 Å². The minimum Gasteiger partial charge on any atom is -0.481 e. The Balaban J connectivity index is 2.66. The van der Waals surface area contributed by atoms with Gasteiger partial charge in [-0.1, -0.05) is 25.4 Å². The minimum absolute atomic E-state index is 0.336. The number of hydrogen-bond donors (Lipinski definition) is 1. The molecule has 6 heteroatoms. The van der Waals surface area contributed by atoms with Gasteiger partial charge in [0.05, 0.1) is 22.3 Å². The van der Waals surface area contributed by atoms with Crippen LogP contribution in [0.25, 0.3) is 0 Å². The van der Waals surface area contributed by atoms with Gasteiger partial charge in [-0.15, -0.1) is 0 Å². The maximum atomic E-state index is 10.7. The highest BCUT2D eigenvalue weighted by Crippen LogP contribution is 2.26. The Bertz CT molecular complexity index is 420. The SMILES string of the molecule is CCc1nn(CC)c(CSCC(C)C(=O)O)c1Cl. The minimum atomic E-state index is -0.758. The molecular weight excluding hydrogens is 272 g/mol. The van der Waals surface area contributed by atoms with Gasteiger partial charge in [-0.2, -0.15) is 16.9 Å². The first-order valence-electron chi connectivity index (χ1n) is 6.05. The molecule has 0 radical (unpaired) electrons. The number of carboxylic acids is 1. The molecule has 0 aliphatic heterocycles. The summed E-state index contributed by atoms with van der Waals surface area (Å²) >= 11 is 7.86. The van der Waals surface area contributed by atoms with E-state index in [1.807, 2.05) is 18.5 Å². The number of aliphatic carboxylic acids is 1. The molecule has 0 saturated heterocycles. The molecule has 0 aromatic carbocycles. The van der Waals surface area contributed by atoms with Crippen LogP contribution in [0.5, 0.6) is 0 Å². The normalized spacial score (nSPS) is 12.7. The van der Waals surface area contributed by atoms with Crippen molar-refractivity contribution >= 4 is 29.3 Å². The van der Waals surface area contributed by atoms with Gasteiger partial charge in [-0.3, -0.25) is 9.48 Å². The molecule has 1 atom stereocenters. The maximum absolute atomic E-state index is 10.7. The lowest BCUT2D eigenvalue weighted by molar-refractivity contribution is -0.140. The molecule has 0 aliphatic carbocycles. The van der Waals surface area contributed by atoms with E-state index in [4.69, 9.17) is 16.7 Å². The second-order valence-electron chi connectivity index (χ2n) is 4.13. The van der Waals surface area contributed by atoms with Gasteiger partial charge in [0.15, 0.2) is 0 Å². The highest BCUT2D eigenvalue weighted by molar-refractivity contribution is 7.98. The molecule has 0 fully saturated rings. The van der Waals surface area contributed by atoms with Crippen LogP contribution in [0.2, 0.25) is 5.02 Å². The van der Waals surface area contributed by atoms with Gasteiger partial charge in [0.1, 0.15) is 0 Å². The second-order valence-corrected chi connectivity index (χ2v) is 5.54. The fourth-order valence-corrected chi connectivity index (χ4v) is 3.07. The third kappa shape index (κ3) is 3.65. The van der Waals surface area contributed by atoms with Crippen molar-refractivity contribution in [3.8, 4) is 0 Å². The molecule has 102 valence electrons. The Morgan fingerprint density at radius 2 is 2.22 bits per heavy atom. The summed E-state index contributed by atoms with van der Waals surface area (Å²) in [6.07, 6.45) is 0.815. The smallest absolute Gasteiger partial charge is 0.307 e. The summed E-state index contributed by atoms with van der Waals surface area (Å²) in [5, 5.41) is 14.0. The number of aryl methyl sites for hydroxylation is 2. The molecule has 1 rings (SSSR count). The first-order chi connectivity index (χ1) is 8.51. The average Bonchev–Trinajstić information content (AvgIpc) is 2.65. The number of thioether (sulfide) groups is 1. The zero-order valence-corrected chi connectivity index (χ0v) is 12.5. The summed E-state index contributed by atoms with van der Waals surface area (Å²) in [6.45, 7) is 6.55. The number of rotatable bonds is 7. The highest BCUT2D eigenvalue weighted by atomic mass is 35.5. The number of carbonyl (C=O) groups is 1. The van der Waals surface area contributed by atoms with E-state index in [0.717, 1.165) is 29.4 Å². The van der Waals surface area contributed by atoms with Gasteiger partial charge in [0, 0.05) is 18.1 Å². The first kappa shape index (κ1) is 15.4. The number of halogens is 1. The Hall–Kier alpha value is -0.680. The van der Waals surface area contributed by atoms with Gasteiger partial charge >= 0.3 is 5.97 Å². The summed E-state index contributed by atoms with van der Waals surface area (Å²) in [5.41, 5.74) is 1.92. The summed E-state index contributed by atoms with van der Waals surface area (Å²) in [6, 6.07) is 0. The second kappa shape index (κ2) is 7.04. The van der Waals surface area contributed by atoms with Crippen molar-refractivity contribution < 1.29 is 9.90 Å². The van der Waals surface area contributed by atoms with Crippen LogP contribution < -0.4 is 0 Å². The molecule has 0 saturated carbocycles. The van der Waals surface area contributed by atoms with E-state index in [1.165, 1.54) is 0 Å². The van der Waals surface area contributed by atoms with Crippen LogP contribution in [-0.4, -0.2) is 26.6 Å². The molecule has 1 aromatic rings. The van der Waals surface area contributed by atoms with E-state index in [-0.39, 0.29) is 5.92 Å². The lowest BCUT2D eigenvalue weighted by atomic mass is 10.2. The fraction of sp³-hybridized carbons (Fsp3) is 0.667. The molecule has 0 aliphatic rings. The summed E-state index contributed by atoms with van der Waals surface area (Å²) in [4.78, 5) is 10.7. The van der Waals surface area contributed by atoms with E-state index < -0.39 is 5.97 Å². The van der Waals surface area contributed by atoms with Crippen molar-refractivity contribution in [1.82, 2.24) is 9.78 Å². The largest absolute Gasteiger partial charge is 0.481 e. The molecule has 18 heavy (non-hydrogen) atoms. The molecule has 1 N–H and O–H groups in total. The summed E-state index contributed by atoms with van der Waals surface area (Å²) in [7, 11) is 0.